The highest BCUT2D eigenvalue weighted by Gasteiger charge is 2.07. The zero-order valence-corrected chi connectivity index (χ0v) is 6.44. The van der Waals surface area contributed by atoms with Crippen molar-refractivity contribution in [2.24, 2.45) is 5.92 Å². The maximum absolute atomic E-state index is 2.28. The van der Waals surface area contributed by atoms with Crippen LogP contribution in [0.3, 0.4) is 0 Å². The summed E-state index contributed by atoms with van der Waals surface area (Å²) in [6, 6.07) is 0. The Kier molecular flexibility index (Phi) is 1.75. The molecule has 0 bridgehead atoms. The average molecular weight is 122 g/mol. The molecule has 0 aromatic heterocycles. The van der Waals surface area contributed by atoms with Gasteiger partial charge in [0.25, 0.3) is 0 Å². The van der Waals surface area contributed by atoms with E-state index in [0.29, 0.717) is 0 Å². The molecule has 0 spiro atoms. The van der Waals surface area contributed by atoms with Crippen LogP contribution >= 0.6 is 0 Å². The van der Waals surface area contributed by atoms with Gasteiger partial charge < -0.3 is 0 Å². The van der Waals surface area contributed by atoms with E-state index in [-0.39, 0.29) is 0 Å². The second kappa shape index (κ2) is 2.38. The van der Waals surface area contributed by atoms with E-state index < -0.39 is 0 Å². The van der Waals surface area contributed by atoms with Crippen LogP contribution in [0.15, 0.2) is 23.3 Å². The molecule has 0 heterocycles. The van der Waals surface area contributed by atoms with Gasteiger partial charge in [-0.2, -0.15) is 0 Å². The van der Waals surface area contributed by atoms with Gasteiger partial charge in [-0.15, -0.1) is 0 Å². The Bertz CT molecular complexity index is 161. The summed E-state index contributed by atoms with van der Waals surface area (Å²) in [5, 5.41) is 0. The molecule has 0 aromatic carbocycles. The van der Waals surface area contributed by atoms with E-state index in [9.17, 15) is 0 Å². The third kappa shape index (κ3) is 1.24. The van der Waals surface area contributed by atoms with Gasteiger partial charge in [0.15, 0.2) is 0 Å². The zero-order chi connectivity index (χ0) is 6.85. The van der Waals surface area contributed by atoms with E-state index in [2.05, 4.69) is 32.9 Å². The molecule has 1 aliphatic rings. The molecule has 0 nitrogen and oxygen atoms in total. The van der Waals surface area contributed by atoms with Crippen LogP contribution < -0.4 is 0 Å². The van der Waals surface area contributed by atoms with Crippen molar-refractivity contribution in [2.45, 2.75) is 27.2 Å². The molecule has 9 heavy (non-hydrogen) atoms. The second-order valence-electron chi connectivity index (χ2n) is 2.91. The molecule has 1 atom stereocenters. The van der Waals surface area contributed by atoms with Gasteiger partial charge in [0.05, 0.1) is 0 Å². The zero-order valence-electron chi connectivity index (χ0n) is 6.44. The number of rotatable bonds is 0. The minimum absolute atomic E-state index is 0.773. The average Bonchev–Trinajstić information content (AvgIpc) is 1.83. The van der Waals surface area contributed by atoms with Crippen molar-refractivity contribution in [2.75, 3.05) is 0 Å². The Labute approximate surface area is 57.3 Å². The van der Waals surface area contributed by atoms with E-state index in [1.165, 1.54) is 12.0 Å². The molecule has 1 aliphatic carbocycles. The first-order valence-electron chi connectivity index (χ1n) is 3.55. The Balaban J connectivity index is 2.83. The molecule has 0 radical (unpaired) electrons. The van der Waals surface area contributed by atoms with Crippen LogP contribution in [-0.2, 0) is 0 Å². The normalized spacial score (nSPS) is 27.2. The van der Waals surface area contributed by atoms with Gasteiger partial charge in [0, 0.05) is 0 Å². The lowest BCUT2D eigenvalue weighted by Gasteiger charge is -2.15. The van der Waals surface area contributed by atoms with E-state index >= 15 is 0 Å². The Hall–Kier alpha value is -0.520. The molecule has 0 amide bonds. The van der Waals surface area contributed by atoms with Gasteiger partial charge in [0.2, 0.25) is 0 Å². The summed E-state index contributed by atoms with van der Waals surface area (Å²) in [6.45, 7) is 6.69. The first-order valence-corrected chi connectivity index (χ1v) is 3.55. The molecule has 0 fully saturated rings. The van der Waals surface area contributed by atoms with Crippen LogP contribution in [0, 0.1) is 5.92 Å². The topological polar surface area (TPSA) is 0 Å². The molecular weight excluding hydrogens is 108 g/mol. The highest BCUT2D eigenvalue weighted by molar-refractivity contribution is 5.27. The summed E-state index contributed by atoms with van der Waals surface area (Å²) in [6.07, 6.45) is 5.70. The van der Waals surface area contributed by atoms with Gasteiger partial charge in [-0.05, 0) is 26.2 Å². The third-order valence-electron chi connectivity index (χ3n) is 2.22. The van der Waals surface area contributed by atoms with E-state index in [4.69, 9.17) is 0 Å². The van der Waals surface area contributed by atoms with E-state index in [0.717, 1.165) is 5.92 Å². The molecule has 0 saturated carbocycles. The smallest absolute Gasteiger partial charge is 0.0194 e. The SMILES string of the molecule is CC1=C(C)C(C)CC=C1. The molecular formula is C9H14. The van der Waals surface area contributed by atoms with Gasteiger partial charge in [-0.25, -0.2) is 0 Å². The number of hydrogen-bond acceptors (Lipinski definition) is 0. The Morgan fingerprint density at radius 3 is 2.56 bits per heavy atom. The Morgan fingerprint density at radius 2 is 2.11 bits per heavy atom. The van der Waals surface area contributed by atoms with Crippen molar-refractivity contribution in [1.29, 1.82) is 0 Å². The Morgan fingerprint density at radius 1 is 1.44 bits per heavy atom. The summed E-state index contributed by atoms with van der Waals surface area (Å²) in [7, 11) is 0. The highest BCUT2D eigenvalue weighted by atomic mass is 14.1. The van der Waals surface area contributed by atoms with E-state index in [1.807, 2.05) is 0 Å². The van der Waals surface area contributed by atoms with Gasteiger partial charge in [0.1, 0.15) is 0 Å². The quantitative estimate of drug-likeness (QED) is 0.463. The lowest BCUT2D eigenvalue weighted by molar-refractivity contribution is 0.678. The lowest BCUT2D eigenvalue weighted by atomic mass is 9.90. The minimum atomic E-state index is 0.773. The monoisotopic (exact) mass is 122 g/mol. The first-order chi connectivity index (χ1) is 4.22. The van der Waals surface area contributed by atoms with Crippen molar-refractivity contribution < 1.29 is 0 Å². The maximum atomic E-state index is 2.28. The fourth-order valence-corrected chi connectivity index (χ4v) is 1.15. The van der Waals surface area contributed by atoms with Crippen molar-refractivity contribution in [3.63, 3.8) is 0 Å². The van der Waals surface area contributed by atoms with Crippen molar-refractivity contribution in [1.82, 2.24) is 0 Å². The fraction of sp³-hybridized carbons (Fsp3) is 0.556. The van der Waals surface area contributed by atoms with Crippen LogP contribution in [-0.4, -0.2) is 0 Å². The van der Waals surface area contributed by atoms with Gasteiger partial charge in [-0.3, -0.25) is 0 Å². The summed E-state index contributed by atoms with van der Waals surface area (Å²) in [4.78, 5) is 0. The summed E-state index contributed by atoms with van der Waals surface area (Å²) < 4.78 is 0. The molecule has 0 heteroatoms. The molecule has 0 saturated heterocycles. The van der Waals surface area contributed by atoms with E-state index in [1.54, 1.807) is 5.57 Å². The van der Waals surface area contributed by atoms with Crippen LogP contribution in [0.25, 0.3) is 0 Å². The third-order valence-corrected chi connectivity index (χ3v) is 2.22. The minimum Gasteiger partial charge on any atom is -0.0837 e. The van der Waals surface area contributed by atoms with Crippen LogP contribution in [0.4, 0.5) is 0 Å². The van der Waals surface area contributed by atoms with Crippen LogP contribution in [0.2, 0.25) is 0 Å². The number of hydrogen-bond donors (Lipinski definition) is 0. The van der Waals surface area contributed by atoms with Crippen molar-refractivity contribution >= 4 is 0 Å². The van der Waals surface area contributed by atoms with Gasteiger partial charge in [-0.1, -0.05) is 30.2 Å². The van der Waals surface area contributed by atoms with Crippen molar-refractivity contribution in [3.05, 3.63) is 23.3 Å². The lowest BCUT2D eigenvalue weighted by Crippen LogP contribution is -2.00. The van der Waals surface area contributed by atoms with Crippen LogP contribution in [0.1, 0.15) is 27.2 Å². The van der Waals surface area contributed by atoms with Crippen molar-refractivity contribution in [3.8, 4) is 0 Å². The predicted octanol–water partition coefficient (Wildman–Crippen LogP) is 2.92. The molecule has 0 N–H and O–H groups in total. The second-order valence-corrected chi connectivity index (χ2v) is 2.91. The number of allylic oxidation sites excluding steroid dienone is 4. The molecule has 1 unspecified atom stereocenters. The van der Waals surface area contributed by atoms with Gasteiger partial charge >= 0.3 is 0 Å². The standard InChI is InChI=1S/C9H14/c1-7-5-4-6-8(2)9(7)3/h4-5,8H,6H2,1-3H3. The molecule has 0 aromatic rings. The molecule has 0 aliphatic heterocycles. The largest absolute Gasteiger partial charge is 0.0837 e. The summed E-state index contributed by atoms with van der Waals surface area (Å²) >= 11 is 0. The molecule has 50 valence electrons. The highest BCUT2D eigenvalue weighted by Crippen LogP contribution is 2.23. The predicted molar refractivity (Wildman–Crippen MR) is 41.3 cm³/mol. The van der Waals surface area contributed by atoms with Crippen LogP contribution in [0.5, 0.6) is 0 Å². The summed E-state index contributed by atoms with van der Waals surface area (Å²) in [5.41, 5.74) is 3.01. The first kappa shape index (κ1) is 6.60. The maximum Gasteiger partial charge on any atom is -0.0194 e. The molecule has 1 rings (SSSR count). The fourth-order valence-electron chi connectivity index (χ4n) is 1.15. The summed E-state index contributed by atoms with van der Waals surface area (Å²) in [5.74, 6) is 0.773.